The van der Waals surface area contributed by atoms with Crippen LogP contribution < -0.4 is 4.90 Å². The summed E-state index contributed by atoms with van der Waals surface area (Å²) in [5, 5.41) is 4.26. The van der Waals surface area contributed by atoms with Gasteiger partial charge in [0.25, 0.3) is 0 Å². The Balaban J connectivity index is 1.83. The quantitative estimate of drug-likeness (QED) is 0.707. The highest BCUT2D eigenvalue weighted by molar-refractivity contribution is 7.91. The van der Waals surface area contributed by atoms with Gasteiger partial charge in [0.1, 0.15) is 11.6 Å². The van der Waals surface area contributed by atoms with E-state index in [0.29, 0.717) is 30.0 Å². The normalized spacial score (nSPS) is 17.3. The Morgan fingerprint density at radius 2 is 1.83 bits per heavy atom. The minimum Gasteiger partial charge on any atom is -0.354 e. The van der Waals surface area contributed by atoms with E-state index in [1.807, 2.05) is 4.90 Å². The monoisotopic (exact) mass is 346 g/mol. The van der Waals surface area contributed by atoms with Crippen molar-refractivity contribution in [2.45, 2.75) is 0 Å². The van der Waals surface area contributed by atoms with Gasteiger partial charge >= 0.3 is 0 Å². The van der Waals surface area contributed by atoms with Gasteiger partial charge in [0.15, 0.2) is 15.5 Å². The Bertz CT molecular complexity index is 1000. The molecule has 1 fully saturated rings. The van der Waals surface area contributed by atoms with Crippen LogP contribution in [0.4, 0.5) is 10.2 Å². The Kier molecular flexibility index (Phi) is 3.49. The zero-order valence-corrected chi connectivity index (χ0v) is 13.6. The van der Waals surface area contributed by atoms with Crippen molar-refractivity contribution in [3.8, 4) is 11.3 Å². The van der Waals surface area contributed by atoms with E-state index in [0.717, 1.165) is 5.82 Å². The largest absolute Gasteiger partial charge is 0.354 e. The van der Waals surface area contributed by atoms with Gasteiger partial charge in [-0.25, -0.2) is 17.8 Å². The summed E-state index contributed by atoms with van der Waals surface area (Å²) in [7, 11) is -2.98. The molecule has 124 valence electrons. The number of sulfone groups is 1. The summed E-state index contributed by atoms with van der Waals surface area (Å²) < 4.78 is 39.1. The number of fused-ring (bicyclic) bond motifs is 1. The lowest BCUT2D eigenvalue weighted by atomic mass is 10.1. The van der Waals surface area contributed by atoms with Crippen molar-refractivity contribution < 1.29 is 12.8 Å². The van der Waals surface area contributed by atoms with Crippen molar-refractivity contribution in [3.05, 3.63) is 48.4 Å². The predicted molar refractivity (Wildman–Crippen MR) is 89.2 cm³/mol. The highest BCUT2D eigenvalue weighted by Crippen LogP contribution is 2.27. The van der Waals surface area contributed by atoms with Gasteiger partial charge in [-0.1, -0.05) is 12.1 Å². The molecule has 0 radical (unpaired) electrons. The predicted octanol–water partition coefficient (Wildman–Crippen LogP) is 1.77. The molecule has 1 aliphatic heterocycles. The maximum atomic E-state index is 14.1. The SMILES string of the molecule is O=S1(=O)CCN(c2cc(-c3ccccc3F)nc3ccnn23)CC1. The maximum Gasteiger partial charge on any atom is 0.157 e. The van der Waals surface area contributed by atoms with Crippen molar-refractivity contribution in [2.75, 3.05) is 29.5 Å². The summed E-state index contributed by atoms with van der Waals surface area (Å²) in [5.74, 6) is 0.583. The maximum absolute atomic E-state index is 14.1. The smallest absolute Gasteiger partial charge is 0.157 e. The molecule has 0 amide bonds. The molecule has 4 rings (SSSR count). The molecule has 1 aromatic carbocycles. The molecule has 2 aromatic heterocycles. The summed E-state index contributed by atoms with van der Waals surface area (Å²) >= 11 is 0. The van der Waals surface area contributed by atoms with Gasteiger partial charge in [0.05, 0.1) is 23.4 Å². The van der Waals surface area contributed by atoms with Crippen molar-refractivity contribution in [3.63, 3.8) is 0 Å². The van der Waals surface area contributed by atoms with E-state index < -0.39 is 9.84 Å². The first-order valence-corrected chi connectivity index (χ1v) is 9.41. The lowest BCUT2D eigenvalue weighted by molar-refractivity contribution is 0.585. The third-order valence-electron chi connectivity index (χ3n) is 4.16. The number of anilines is 1. The van der Waals surface area contributed by atoms with Gasteiger partial charge in [0.2, 0.25) is 0 Å². The molecule has 0 aliphatic carbocycles. The number of aromatic nitrogens is 3. The van der Waals surface area contributed by atoms with Crippen LogP contribution in [0.2, 0.25) is 0 Å². The number of benzene rings is 1. The van der Waals surface area contributed by atoms with Gasteiger partial charge < -0.3 is 4.90 Å². The van der Waals surface area contributed by atoms with Crippen molar-refractivity contribution >= 4 is 21.3 Å². The molecular formula is C16H15FN4O2S. The van der Waals surface area contributed by atoms with E-state index in [1.165, 1.54) is 6.07 Å². The Hall–Kier alpha value is -2.48. The average Bonchev–Trinajstić information content (AvgIpc) is 3.03. The fraction of sp³-hybridized carbons (Fsp3) is 0.250. The van der Waals surface area contributed by atoms with E-state index in [1.54, 1.807) is 41.0 Å². The fourth-order valence-electron chi connectivity index (χ4n) is 2.87. The van der Waals surface area contributed by atoms with Gasteiger partial charge in [-0.2, -0.15) is 9.61 Å². The molecule has 6 nitrogen and oxygen atoms in total. The molecule has 1 saturated heterocycles. The summed E-state index contributed by atoms with van der Waals surface area (Å²) in [4.78, 5) is 6.42. The van der Waals surface area contributed by atoms with E-state index in [4.69, 9.17) is 0 Å². The second kappa shape index (κ2) is 5.55. The minimum absolute atomic E-state index is 0.104. The Morgan fingerprint density at radius 3 is 2.58 bits per heavy atom. The Morgan fingerprint density at radius 1 is 1.08 bits per heavy atom. The van der Waals surface area contributed by atoms with Crippen LogP contribution in [-0.2, 0) is 9.84 Å². The second-order valence-corrected chi connectivity index (χ2v) is 8.02. The number of halogens is 1. The minimum atomic E-state index is -2.98. The van der Waals surface area contributed by atoms with Crippen molar-refractivity contribution in [1.82, 2.24) is 14.6 Å². The van der Waals surface area contributed by atoms with Crippen molar-refractivity contribution in [2.24, 2.45) is 0 Å². The zero-order chi connectivity index (χ0) is 16.7. The average molecular weight is 346 g/mol. The van der Waals surface area contributed by atoms with E-state index in [9.17, 15) is 12.8 Å². The molecule has 24 heavy (non-hydrogen) atoms. The molecule has 3 heterocycles. The summed E-state index contributed by atoms with van der Waals surface area (Å²) in [6.07, 6.45) is 1.62. The first kappa shape index (κ1) is 15.1. The highest BCUT2D eigenvalue weighted by Gasteiger charge is 2.24. The molecule has 1 aliphatic rings. The summed E-state index contributed by atoms with van der Waals surface area (Å²) in [5.41, 5.74) is 1.51. The van der Waals surface area contributed by atoms with Gasteiger partial charge in [-0.3, -0.25) is 0 Å². The molecular weight excluding hydrogens is 331 g/mol. The lowest BCUT2D eigenvalue weighted by Crippen LogP contribution is -2.41. The van der Waals surface area contributed by atoms with Crippen LogP contribution in [0.5, 0.6) is 0 Å². The van der Waals surface area contributed by atoms with Crippen LogP contribution in [-0.4, -0.2) is 47.6 Å². The summed E-state index contributed by atoms with van der Waals surface area (Å²) in [6, 6.07) is 9.96. The van der Waals surface area contributed by atoms with E-state index >= 15 is 0 Å². The van der Waals surface area contributed by atoms with Crippen LogP contribution in [0.25, 0.3) is 16.9 Å². The lowest BCUT2D eigenvalue weighted by Gasteiger charge is -2.29. The molecule has 0 saturated carbocycles. The molecule has 0 atom stereocenters. The fourth-order valence-corrected chi connectivity index (χ4v) is 4.07. The topological polar surface area (TPSA) is 67.6 Å². The van der Waals surface area contributed by atoms with Gasteiger partial charge in [-0.15, -0.1) is 0 Å². The highest BCUT2D eigenvalue weighted by atomic mass is 32.2. The van der Waals surface area contributed by atoms with Crippen molar-refractivity contribution in [1.29, 1.82) is 0 Å². The van der Waals surface area contributed by atoms with Gasteiger partial charge in [0, 0.05) is 30.8 Å². The van der Waals surface area contributed by atoms with E-state index in [2.05, 4.69) is 10.1 Å². The molecule has 0 spiro atoms. The van der Waals surface area contributed by atoms with E-state index in [-0.39, 0.29) is 17.3 Å². The number of rotatable bonds is 2. The van der Waals surface area contributed by atoms with Crippen LogP contribution in [0.15, 0.2) is 42.6 Å². The number of nitrogens with zero attached hydrogens (tertiary/aromatic N) is 4. The van der Waals surface area contributed by atoms with Gasteiger partial charge in [-0.05, 0) is 12.1 Å². The Labute approximate surface area is 138 Å². The molecule has 0 bridgehead atoms. The van der Waals surface area contributed by atoms with Crippen LogP contribution in [0.1, 0.15) is 0 Å². The zero-order valence-electron chi connectivity index (χ0n) is 12.8. The second-order valence-electron chi connectivity index (χ2n) is 5.72. The first-order chi connectivity index (χ1) is 11.5. The third kappa shape index (κ3) is 2.62. The molecule has 0 N–H and O–H groups in total. The van der Waals surface area contributed by atoms with Crippen LogP contribution in [0.3, 0.4) is 0 Å². The number of hydrogen-bond acceptors (Lipinski definition) is 5. The molecule has 8 heteroatoms. The first-order valence-electron chi connectivity index (χ1n) is 7.59. The number of hydrogen-bond donors (Lipinski definition) is 0. The van der Waals surface area contributed by atoms with Crippen LogP contribution >= 0.6 is 0 Å². The molecule has 0 unspecified atom stereocenters. The standard InChI is InChI=1S/C16H15FN4O2S/c17-13-4-2-1-3-12(13)14-11-16(21-15(19-14)5-6-18-21)20-7-9-24(22,23)10-8-20/h1-6,11H,7-10H2. The molecule has 3 aromatic rings. The third-order valence-corrected chi connectivity index (χ3v) is 5.77. The van der Waals surface area contributed by atoms with Crippen LogP contribution in [0, 0.1) is 5.82 Å². The summed E-state index contributed by atoms with van der Waals surface area (Å²) in [6.45, 7) is 0.774.